The van der Waals surface area contributed by atoms with E-state index in [2.05, 4.69) is 14.9 Å². The molecule has 1 saturated heterocycles. The molecule has 0 aliphatic carbocycles. The Balaban J connectivity index is 2.10. The van der Waals surface area contributed by atoms with Crippen molar-refractivity contribution in [3.05, 3.63) is 10.9 Å². The summed E-state index contributed by atoms with van der Waals surface area (Å²) < 4.78 is 4.76. The first kappa shape index (κ1) is 13.1. The Bertz CT molecular complexity index is 649. The molecule has 1 fully saturated rings. The van der Waals surface area contributed by atoms with Crippen molar-refractivity contribution < 1.29 is 9.53 Å². The van der Waals surface area contributed by atoms with Gasteiger partial charge in [-0.25, -0.2) is 9.78 Å². The van der Waals surface area contributed by atoms with E-state index in [0.717, 1.165) is 42.0 Å². The number of ether oxygens (including phenoxy) is 1. The Labute approximate surface area is 120 Å². The van der Waals surface area contributed by atoms with Crippen LogP contribution >= 0.6 is 11.3 Å². The maximum Gasteiger partial charge on any atom is 0.348 e. The predicted octanol–water partition coefficient (Wildman–Crippen LogP) is 2.05. The maximum atomic E-state index is 11.7. The van der Waals surface area contributed by atoms with Crippen molar-refractivity contribution in [3.8, 4) is 0 Å². The van der Waals surface area contributed by atoms with Crippen LogP contribution in [0, 0.1) is 0 Å². The van der Waals surface area contributed by atoms with Crippen molar-refractivity contribution in [2.24, 2.45) is 0 Å². The average molecular weight is 292 g/mol. The Morgan fingerprint density at radius 1 is 1.35 bits per heavy atom. The van der Waals surface area contributed by atoms with Crippen LogP contribution in [0.15, 0.2) is 6.07 Å². The molecule has 2 aromatic rings. The third-order valence-electron chi connectivity index (χ3n) is 3.43. The van der Waals surface area contributed by atoms with Gasteiger partial charge in [-0.15, -0.1) is 11.3 Å². The molecule has 2 aromatic heterocycles. The quantitative estimate of drug-likeness (QED) is 0.853. The highest BCUT2D eigenvalue weighted by atomic mass is 32.1. The number of hydrogen-bond acceptors (Lipinski definition) is 7. The Hall–Kier alpha value is -1.89. The zero-order valence-corrected chi connectivity index (χ0v) is 12.1. The van der Waals surface area contributed by atoms with Gasteiger partial charge in [-0.2, -0.15) is 4.98 Å². The van der Waals surface area contributed by atoms with E-state index in [1.165, 1.54) is 24.9 Å². The third-order valence-corrected chi connectivity index (χ3v) is 4.44. The van der Waals surface area contributed by atoms with Crippen LogP contribution in [-0.2, 0) is 4.74 Å². The number of rotatable bonds is 2. The lowest BCUT2D eigenvalue weighted by atomic mass is 10.1. The molecule has 0 bridgehead atoms. The van der Waals surface area contributed by atoms with Gasteiger partial charge in [0.15, 0.2) is 0 Å². The molecule has 3 rings (SSSR count). The van der Waals surface area contributed by atoms with Crippen molar-refractivity contribution in [1.29, 1.82) is 0 Å². The highest BCUT2D eigenvalue weighted by Gasteiger charge is 2.20. The minimum absolute atomic E-state index is 0.247. The van der Waals surface area contributed by atoms with Crippen molar-refractivity contribution in [3.63, 3.8) is 0 Å². The van der Waals surface area contributed by atoms with Gasteiger partial charge in [0.1, 0.15) is 15.5 Å². The first-order valence-corrected chi connectivity index (χ1v) is 7.41. The summed E-state index contributed by atoms with van der Waals surface area (Å²) in [5.41, 5.74) is 5.79. The van der Waals surface area contributed by atoms with Crippen LogP contribution < -0.4 is 10.6 Å². The van der Waals surface area contributed by atoms with Crippen LogP contribution in [-0.4, -0.2) is 36.1 Å². The summed E-state index contributed by atoms with van der Waals surface area (Å²) in [4.78, 5) is 23.7. The first-order chi connectivity index (χ1) is 9.69. The molecular formula is C13H16N4O2S. The molecule has 0 unspecified atom stereocenters. The summed E-state index contributed by atoms with van der Waals surface area (Å²) in [6.45, 7) is 1.93. The standard InChI is InChI=1S/C13H16N4O2S/c1-19-12(18)9-7-8-10(17-5-3-2-4-6-17)15-13(14)16-11(8)20-9/h7H,2-6H2,1H3,(H2,14,15,16). The van der Waals surface area contributed by atoms with Gasteiger partial charge >= 0.3 is 5.97 Å². The summed E-state index contributed by atoms with van der Waals surface area (Å²) in [5, 5.41) is 0.881. The number of anilines is 2. The van der Waals surface area contributed by atoms with Gasteiger partial charge in [0.05, 0.1) is 12.5 Å². The van der Waals surface area contributed by atoms with Crippen LogP contribution in [0.1, 0.15) is 28.9 Å². The van der Waals surface area contributed by atoms with E-state index in [-0.39, 0.29) is 11.9 Å². The predicted molar refractivity (Wildman–Crippen MR) is 79.2 cm³/mol. The lowest BCUT2D eigenvalue weighted by Gasteiger charge is -2.28. The maximum absolute atomic E-state index is 11.7. The SMILES string of the molecule is COC(=O)c1cc2c(N3CCCCC3)nc(N)nc2s1. The molecule has 106 valence electrons. The number of carbonyl (C=O) groups excluding carboxylic acids is 1. The van der Waals surface area contributed by atoms with Crippen molar-refractivity contribution in [2.45, 2.75) is 19.3 Å². The van der Waals surface area contributed by atoms with Crippen LogP contribution in [0.2, 0.25) is 0 Å². The van der Waals surface area contributed by atoms with Gasteiger partial charge in [0.25, 0.3) is 0 Å². The molecule has 1 aliphatic rings. The molecule has 0 aromatic carbocycles. The number of nitrogens with zero attached hydrogens (tertiary/aromatic N) is 3. The number of nitrogen functional groups attached to an aromatic ring is 1. The Kier molecular flexibility index (Phi) is 3.43. The number of nitrogens with two attached hydrogens (primary N) is 1. The van der Waals surface area contributed by atoms with Crippen molar-refractivity contribution in [2.75, 3.05) is 30.8 Å². The molecule has 2 N–H and O–H groups in total. The largest absolute Gasteiger partial charge is 0.465 e. The summed E-state index contributed by atoms with van der Waals surface area (Å²) >= 11 is 1.29. The highest BCUT2D eigenvalue weighted by molar-refractivity contribution is 7.20. The third kappa shape index (κ3) is 2.29. The van der Waals surface area contributed by atoms with Crippen LogP contribution in [0.3, 0.4) is 0 Å². The number of hydrogen-bond donors (Lipinski definition) is 1. The van der Waals surface area contributed by atoms with Gasteiger partial charge in [0.2, 0.25) is 5.95 Å². The van der Waals surface area contributed by atoms with E-state index >= 15 is 0 Å². The molecule has 0 saturated carbocycles. The molecule has 3 heterocycles. The Morgan fingerprint density at radius 3 is 2.80 bits per heavy atom. The van der Waals surface area contributed by atoms with E-state index in [9.17, 15) is 4.79 Å². The normalized spacial score (nSPS) is 15.6. The van der Waals surface area contributed by atoms with Gasteiger partial charge < -0.3 is 15.4 Å². The lowest BCUT2D eigenvalue weighted by molar-refractivity contribution is 0.0606. The van der Waals surface area contributed by atoms with Crippen molar-refractivity contribution in [1.82, 2.24) is 9.97 Å². The lowest BCUT2D eigenvalue weighted by Crippen LogP contribution is -2.30. The van der Waals surface area contributed by atoms with E-state index < -0.39 is 0 Å². The number of piperidine rings is 1. The minimum atomic E-state index is -0.351. The topological polar surface area (TPSA) is 81.3 Å². The van der Waals surface area contributed by atoms with Crippen LogP contribution in [0.5, 0.6) is 0 Å². The van der Waals surface area contributed by atoms with E-state index in [1.54, 1.807) is 6.07 Å². The van der Waals surface area contributed by atoms with Crippen molar-refractivity contribution >= 4 is 39.3 Å². The number of carbonyl (C=O) groups is 1. The summed E-state index contributed by atoms with van der Waals surface area (Å²) in [6.07, 6.45) is 3.55. The fraction of sp³-hybridized carbons (Fsp3) is 0.462. The van der Waals surface area contributed by atoms with Crippen LogP contribution in [0.4, 0.5) is 11.8 Å². The molecule has 6 nitrogen and oxygen atoms in total. The van der Waals surface area contributed by atoms with E-state index in [0.29, 0.717) is 4.88 Å². The summed E-state index contributed by atoms with van der Waals surface area (Å²) in [6, 6.07) is 1.80. The van der Waals surface area contributed by atoms with E-state index in [1.807, 2.05) is 0 Å². The number of fused-ring (bicyclic) bond motifs is 1. The fourth-order valence-electron chi connectivity index (χ4n) is 2.47. The zero-order chi connectivity index (χ0) is 14.1. The average Bonchev–Trinajstić information content (AvgIpc) is 2.90. The molecule has 0 atom stereocenters. The van der Waals surface area contributed by atoms with Gasteiger partial charge in [0, 0.05) is 13.1 Å². The minimum Gasteiger partial charge on any atom is -0.465 e. The van der Waals surface area contributed by atoms with Gasteiger partial charge in [-0.3, -0.25) is 0 Å². The first-order valence-electron chi connectivity index (χ1n) is 6.59. The monoisotopic (exact) mass is 292 g/mol. The molecular weight excluding hydrogens is 276 g/mol. The number of thiophene rings is 1. The second-order valence-electron chi connectivity index (χ2n) is 4.77. The second kappa shape index (κ2) is 5.24. The smallest absolute Gasteiger partial charge is 0.348 e. The Morgan fingerprint density at radius 2 is 2.10 bits per heavy atom. The van der Waals surface area contributed by atoms with Gasteiger partial charge in [-0.1, -0.05) is 0 Å². The molecule has 1 aliphatic heterocycles. The van der Waals surface area contributed by atoms with Gasteiger partial charge in [-0.05, 0) is 25.3 Å². The molecule has 7 heteroatoms. The molecule has 0 radical (unpaired) electrons. The molecule has 20 heavy (non-hydrogen) atoms. The zero-order valence-electron chi connectivity index (χ0n) is 11.3. The number of methoxy groups -OCH3 is 1. The summed E-state index contributed by atoms with van der Waals surface area (Å²) in [5.74, 6) is 0.728. The number of aromatic nitrogens is 2. The van der Waals surface area contributed by atoms with Crippen LogP contribution in [0.25, 0.3) is 10.2 Å². The number of esters is 1. The van der Waals surface area contributed by atoms with E-state index in [4.69, 9.17) is 10.5 Å². The molecule has 0 spiro atoms. The second-order valence-corrected chi connectivity index (χ2v) is 5.80. The fourth-order valence-corrected chi connectivity index (χ4v) is 3.42. The summed E-state index contributed by atoms with van der Waals surface area (Å²) in [7, 11) is 1.37. The highest BCUT2D eigenvalue weighted by Crippen LogP contribution is 2.33. The molecule has 0 amide bonds.